The van der Waals surface area contributed by atoms with E-state index >= 15 is 0 Å². The van der Waals surface area contributed by atoms with Gasteiger partial charge in [0.25, 0.3) is 0 Å². The van der Waals surface area contributed by atoms with Gasteiger partial charge >= 0.3 is 5.97 Å². The molecule has 0 fully saturated rings. The van der Waals surface area contributed by atoms with Crippen molar-refractivity contribution in [2.45, 2.75) is 19.9 Å². The lowest BCUT2D eigenvalue weighted by Crippen LogP contribution is -2.01. The smallest absolute Gasteiger partial charge is 0.309 e. The Hall–Kier alpha value is -2.25. The van der Waals surface area contributed by atoms with E-state index in [0.29, 0.717) is 17.5 Å². The average Bonchev–Trinajstić information content (AvgIpc) is 2.76. The van der Waals surface area contributed by atoms with Crippen LogP contribution in [0.1, 0.15) is 17.5 Å². The molecule has 0 atom stereocenters. The number of aryl methyl sites for hydroxylation is 1. The zero-order valence-corrected chi connectivity index (χ0v) is 8.49. The first kappa shape index (κ1) is 10.3. The van der Waals surface area contributed by atoms with Crippen LogP contribution in [-0.4, -0.2) is 36.3 Å². The van der Waals surface area contributed by atoms with E-state index in [1.807, 2.05) is 0 Å². The molecular formula is C8H9N5O3. The third-order valence-electron chi connectivity index (χ3n) is 1.78. The largest absolute Gasteiger partial charge is 0.481 e. The molecule has 2 rings (SSSR count). The average molecular weight is 223 g/mol. The van der Waals surface area contributed by atoms with Crippen molar-refractivity contribution in [1.29, 1.82) is 0 Å². The van der Waals surface area contributed by atoms with Gasteiger partial charge in [0.15, 0.2) is 0 Å². The Bertz CT molecular complexity index is 503. The first-order valence-corrected chi connectivity index (χ1v) is 4.53. The first-order chi connectivity index (χ1) is 7.63. The lowest BCUT2D eigenvalue weighted by Gasteiger charge is -1.92. The van der Waals surface area contributed by atoms with E-state index in [9.17, 15) is 4.79 Å². The molecule has 0 aliphatic carbocycles. The SMILES string of the molecule is Cc1nnc(Cn2cc(CC(=O)O)nn2)o1. The Morgan fingerprint density at radius 2 is 2.31 bits per heavy atom. The second-order valence-electron chi connectivity index (χ2n) is 3.19. The predicted molar refractivity (Wildman–Crippen MR) is 49.5 cm³/mol. The molecule has 0 unspecified atom stereocenters. The van der Waals surface area contributed by atoms with E-state index in [2.05, 4.69) is 20.5 Å². The highest BCUT2D eigenvalue weighted by atomic mass is 16.4. The number of carboxylic acids is 1. The Kier molecular flexibility index (Phi) is 2.63. The second-order valence-corrected chi connectivity index (χ2v) is 3.19. The molecule has 8 heteroatoms. The molecule has 2 heterocycles. The Morgan fingerprint density at radius 3 is 2.94 bits per heavy atom. The maximum atomic E-state index is 10.4. The summed E-state index contributed by atoms with van der Waals surface area (Å²) >= 11 is 0. The molecule has 84 valence electrons. The Labute approximate surface area is 89.9 Å². The molecule has 16 heavy (non-hydrogen) atoms. The minimum atomic E-state index is -0.944. The number of hydrogen-bond donors (Lipinski definition) is 1. The topological polar surface area (TPSA) is 107 Å². The van der Waals surface area contributed by atoms with Gasteiger partial charge in [-0.2, -0.15) is 0 Å². The third-order valence-corrected chi connectivity index (χ3v) is 1.78. The zero-order chi connectivity index (χ0) is 11.5. The van der Waals surface area contributed by atoms with Crippen molar-refractivity contribution in [2.75, 3.05) is 0 Å². The van der Waals surface area contributed by atoms with E-state index in [-0.39, 0.29) is 13.0 Å². The summed E-state index contributed by atoms with van der Waals surface area (Å²) < 4.78 is 6.60. The quantitative estimate of drug-likeness (QED) is 0.754. The Morgan fingerprint density at radius 1 is 1.50 bits per heavy atom. The summed E-state index contributed by atoms with van der Waals surface area (Å²) in [4.78, 5) is 10.4. The molecular weight excluding hydrogens is 214 g/mol. The summed E-state index contributed by atoms with van der Waals surface area (Å²) in [7, 11) is 0. The lowest BCUT2D eigenvalue weighted by molar-refractivity contribution is -0.136. The third kappa shape index (κ3) is 2.41. The van der Waals surface area contributed by atoms with Gasteiger partial charge in [-0.05, 0) is 0 Å². The van der Waals surface area contributed by atoms with Gasteiger partial charge in [0.1, 0.15) is 6.54 Å². The Balaban J connectivity index is 2.05. The molecule has 0 spiro atoms. The molecule has 0 aromatic carbocycles. The van der Waals surface area contributed by atoms with Gasteiger partial charge in [0.05, 0.1) is 12.1 Å². The molecule has 0 amide bonds. The fourth-order valence-electron chi connectivity index (χ4n) is 1.19. The van der Waals surface area contributed by atoms with Crippen LogP contribution in [-0.2, 0) is 17.8 Å². The standard InChI is InChI=1S/C8H9N5O3/c1-5-9-11-7(16-5)4-13-3-6(10-12-13)2-8(14)15/h3H,2,4H2,1H3,(H,14,15). The summed E-state index contributed by atoms with van der Waals surface area (Å²) in [5.74, 6) is -0.0640. The van der Waals surface area contributed by atoms with Crippen molar-refractivity contribution in [3.8, 4) is 0 Å². The highest BCUT2D eigenvalue weighted by Gasteiger charge is 2.08. The molecule has 0 saturated heterocycles. The summed E-state index contributed by atoms with van der Waals surface area (Å²) in [6, 6.07) is 0. The summed E-state index contributed by atoms with van der Waals surface area (Å²) in [5.41, 5.74) is 0.392. The van der Waals surface area contributed by atoms with Crippen LogP contribution in [0.3, 0.4) is 0 Å². The maximum absolute atomic E-state index is 10.4. The van der Waals surface area contributed by atoms with Crippen LogP contribution in [0.4, 0.5) is 0 Å². The molecule has 8 nitrogen and oxygen atoms in total. The minimum absolute atomic E-state index is 0.150. The zero-order valence-electron chi connectivity index (χ0n) is 8.49. The molecule has 0 radical (unpaired) electrons. The molecule has 2 aromatic heterocycles. The van der Waals surface area contributed by atoms with Crippen LogP contribution in [0.5, 0.6) is 0 Å². The van der Waals surface area contributed by atoms with Crippen molar-refractivity contribution in [3.05, 3.63) is 23.7 Å². The van der Waals surface area contributed by atoms with Gasteiger partial charge < -0.3 is 9.52 Å². The van der Waals surface area contributed by atoms with Crippen LogP contribution in [0.2, 0.25) is 0 Å². The van der Waals surface area contributed by atoms with Gasteiger partial charge in [-0.25, -0.2) is 4.68 Å². The van der Waals surface area contributed by atoms with E-state index < -0.39 is 5.97 Å². The number of aliphatic carboxylic acids is 1. The van der Waals surface area contributed by atoms with Gasteiger partial charge in [0, 0.05) is 13.1 Å². The van der Waals surface area contributed by atoms with Crippen LogP contribution < -0.4 is 0 Å². The van der Waals surface area contributed by atoms with Crippen molar-refractivity contribution in [2.24, 2.45) is 0 Å². The molecule has 1 N–H and O–H groups in total. The minimum Gasteiger partial charge on any atom is -0.481 e. The van der Waals surface area contributed by atoms with E-state index in [1.54, 1.807) is 6.92 Å². The molecule has 0 aliphatic rings. The molecule has 0 bridgehead atoms. The van der Waals surface area contributed by atoms with Gasteiger partial charge in [0.2, 0.25) is 11.8 Å². The molecule has 2 aromatic rings. The fourth-order valence-corrected chi connectivity index (χ4v) is 1.19. The van der Waals surface area contributed by atoms with Crippen molar-refractivity contribution in [1.82, 2.24) is 25.2 Å². The number of nitrogens with zero attached hydrogens (tertiary/aromatic N) is 5. The predicted octanol–water partition coefficient (Wildman–Crippen LogP) is -0.355. The van der Waals surface area contributed by atoms with Crippen LogP contribution in [0, 0.1) is 6.92 Å². The maximum Gasteiger partial charge on any atom is 0.309 e. The summed E-state index contributed by atoms with van der Waals surface area (Å²) in [6.45, 7) is 1.97. The number of hydrogen-bond acceptors (Lipinski definition) is 6. The van der Waals surface area contributed by atoms with Crippen LogP contribution in [0.15, 0.2) is 10.6 Å². The van der Waals surface area contributed by atoms with Gasteiger partial charge in [-0.1, -0.05) is 5.21 Å². The van der Waals surface area contributed by atoms with Crippen LogP contribution in [0.25, 0.3) is 0 Å². The number of carbonyl (C=O) groups is 1. The first-order valence-electron chi connectivity index (χ1n) is 4.53. The van der Waals surface area contributed by atoms with E-state index in [1.165, 1.54) is 10.9 Å². The second kappa shape index (κ2) is 4.09. The molecule has 0 aliphatic heterocycles. The fraction of sp³-hybridized carbons (Fsp3) is 0.375. The normalized spacial score (nSPS) is 10.6. The summed E-state index contributed by atoms with van der Waals surface area (Å²) in [6.07, 6.45) is 1.39. The van der Waals surface area contributed by atoms with Crippen molar-refractivity contribution >= 4 is 5.97 Å². The summed E-state index contributed by atoms with van der Waals surface area (Å²) in [5, 5.41) is 23.5. The highest BCUT2D eigenvalue weighted by molar-refractivity contribution is 5.69. The van der Waals surface area contributed by atoms with E-state index in [0.717, 1.165) is 0 Å². The number of rotatable bonds is 4. The molecule has 0 saturated carbocycles. The number of carboxylic acid groups (broad SMARTS) is 1. The van der Waals surface area contributed by atoms with Gasteiger partial charge in [-0.15, -0.1) is 15.3 Å². The number of aromatic nitrogens is 5. The van der Waals surface area contributed by atoms with Crippen LogP contribution >= 0.6 is 0 Å². The lowest BCUT2D eigenvalue weighted by atomic mass is 10.3. The van der Waals surface area contributed by atoms with Gasteiger partial charge in [-0.3, -0.25) is 4.79 Å². The highest BCUT2D eigenvalue weighted by Crippen LogP contribution is 2.01. The monoisotopic (exact) mass is 223 g/mol. The van der Waals surface area contributed by atoms with Crippen molar-refractivity contribution < 1.29 is 14.3 Å². The van der Waals surface area contributed by atoms with E-state index in [4.69, 9.17) is 9.52 Å². The van der Waals surface area contributed by atoms with Crippen molar-refractivity contribution in [3.63, 3.8) is 0 Å².